The molecule has 7 heteroatoms. The Kier molecular flexibility index (Phi) is 7.08. The smallest absolute Gasteiger partial charge is 0.293 e. The maximum Gasteiger partial charge on any atom is 0.293 e. The van der Waals surface area contributed by atoms with Gasteiger partial charge in [-0.1, -0.05) is 18.7 Å². The molecule has 0 atom stereocenters. The maximum atomic E-state index is 12.3. The maximum absolute atomic E-state index is 12.3. The van der Waals surface area contributed by atoms with Gasteiger partial charge in [0.25, 0.3) is 11.1 Å². The molecule has 0 bridgehead atoms. The molecule has 1 aliphatic heterocycles. The van der Waals surface area contributed by atoms with E-state index in [0.29, 0.717) is 36.8 Å². The van der Waals surface area contributed by atoms with E-state index >= 15 is 0 Å². The second-order valence-electron chi connectivity index (χ2n) is 4.97. The Balaban J connectivity index is 2.10. The summed E-state index contributed by atoms with van der Waals surface area (Å²) in [7, 11) is 1.59. The Hall–Kier alpha value is -1.57. The van der Waals surface area contributed by atoms with Crippen LogP contribution in [0.25, 0.3) is 6.08 Å². The molecule has 1 saturated heterocycles. The number of imide groups is 1. The van der Waals surface area contributed by atoms with Gasteiger partial charge < -0.3 is 9.47 Å². The van der Waals surface area contributed by atoms with E-state index in [2.05, 4.69) is 22.5 Å². The summed E-state index contributed by atoms with van der Waals surface area (Å²) in [6, 6.07) is 5.49. The Labute approximate surface area is 153 Å². The van der Waals surface area contributed by atoms with Gasteiger partial charge in [0, 0.05) is 20.3 Å². The predicted octanol–water partition coefficient (Wildman–Crippen LogP) is 4.09. The first kappa shape index (κ1) is 18.8. The number of nitrogens with zero attached hydrogens (tertiary/aromatic N) is 1. The third kappa shape index (κ3) is 4.72. The second kappa shape index (κ2) is 9.05. The summed E-state index contributed by atoms with van der Waals surface area (Å²) in [5.74, 6) is 0.434. The summed E-state index contributed by atoms with van der Waals surface area (Å²) in [4.78, 5) is 26.0. The quantitative estimate of drug-likeness (QED) is 0.366. The van der Waals surface area contributed by atoms with E-state index < -0.39 is 0 Å². The molecule has 24 heavy (non-hydrogen) atoms. The third-order valence-corrected chi connectivity index (χ3v) is 4.74. The van der Waals surface area contributed by atoms with Crippen molar-refractivity contribution in [1.82, 2.24) is 4.90 Å². The molecule has 0 aliphatic carbocycles. The minimum absolute atomic E-state index is 0.243. The highest BCUT2D eigenvalue weighted by Gasteiger charge is 2.34. The van der Waals surface area contributed by atoms with Crippen molar-refractivity contribution in [1.29, 1.82) is 0 Å². The minimum Gasteiger partial charge on any atom is -0.488 e. The summed E-state index contributed by atoms with van der Waals surface area (Å²) in [5.41, 5.74) is 0.815. The van der Waals surface area contributed by atoms with Crippen molar-refractivity contribution in [3.8, 4) is 5.75 Å². The van der Waals surface area contributed by atoms with Crippen molar-refractivity contribution in [2.75, 3.05) is 26.9 Å². The van der Waals surface area contributed by atoms with Gasteiger partial charge in [-0.05, 0) is 57.9 Å². The van der Waals surface area contributed by atoms with Gasteiger partial charge in [0.2, 0.25) is 0 Å². The highest BCUT2D eigenvalue weighted by Crippen LogP contribution is 2.33. The van der Waals surface area contributed by atoms with E-state index in [1.807, 2.05) is 18.2 Å². The van der Waals surface area contributed by atoms with E-state index in [0.717, 1.165) is 21.8 Å². The van der Waals surface area contributed by atoms with Crippen LogP contribution in [0.1, 0.15) is 12.0 Å². The van der Waals surface area contributed by atoms with Crippen molar-refractivity contribution in [3.63, 3.8) is 0 Å². The lowest BCUT2D eigenvalue weighted by atomic mass is 10.2. The fraction of sp³-hybridized carbons (Fsp3) is 0.294. The Bertz CT molecular complexity index is 675. The van der Waals surface area contributed by atoms with Gasteiger partial charge in [-0.15, -0.1) is 0 Å². The number of amides is 2. The number of thioether (sulfide) groups is 1. The lowest BCUT2D eigenvalue weighted by Gasteiger charge is -2.11. The number of hydrogen-bond acceptors (Lipinski definition) is 5. The molecule has 1 aromatic rings. The topological polar surface area (TPSA) is 55.8 Å². The van der Waals surface area contributed by atoms with E-state index in [1.165, 1.54) is 4.90 Å². The van der Waals surface area contributed by atoms with Gasteiger partial charge in [0.05, 0.1) is 9.38 Å². The number of hydrogen-bond donors (Lipinski definition) is 0. The van der Waals surface area contributed by atoms with E-state index in [1.54, 1.807) is 19.3 Å². The molecule has 0 saturated carbocycles. The second-order valence-corrected chi connectivity index (χ2v) is 6.82. The zero-order chi connectivity index (χ0) is 17.5. The molecule has 2 amide bonds. The van der Waals surface area contributed by atoms with Crippen molar-refractivity contribution in [2.45, 2.75) is 6.42 Å². The van der Waals surface area contributed by atoms with Crippen LogP contribution in [0.5, 0.6) is 5.75 Å². The van der Waals surface area contributed by atoms with Crippen LogP contribution in [0.2, 0.25) is 0 Å². The number of benzene rings is 1. The molecule has 5 nitrogen and oxygen atoms in total. The van der Waals surface area contributed by atoms with Gasteiger partial charge in [-0.25, -0.2) is 0 Å². The highest BCUT2D eigenvalue weighted by molar-refractivity contribution is 9.10. The van der Waals surface area contributed by atoms with Gasteiger partial charge in [0.15, 0.2) is 0 Å². The standard InChI is InChI=1S/C17H18BrNO4S/c1-3-8-23-14-6-5-12(10-13(14)18)11-15-16(20)19(17(21)24-15)7-4-9-22-2/h3,5-6,10-11H,1,4,7-9H2,2H3/b15-11+. The van der Waals surface area contributed by atoms with Crippen molar-refractivity contribution in [2.24, 2.45) is 0 Å². The number of ether oxygens (including phenoxy) is 2. The van der Waals surface area contributed by atoms with Crippen LogP contribution in [0.4, 0.5) is 4.79 Å². The minimum atomic E-state index is -0.260. The molecule has 0 N–H and O–H groups in total. The summed E-state index contributed by atoms with van der Waals surface area (Å²) in [6.07, 6.45) is 4.01. The normalized spacial score (nSPS) is 16.1. The van der Waals surface area contributed by atoms with Crippen LogP contribution in [0.15, 0.2) is 40.2 Å². The van der Waals surface area contributed by atoms with E-state index in [-0.39, 0.29) is 11.1 Å². The molecule has 1 aromatic carbocycles. The van der Waals surface area contributed by atoms with Crippen LogP contribution in [-0.4, -0.2) is 42.9 Å². The first-order chi connectivity index (χ1) is 11.6. The first-order valence-electron chi connectivity index (χ1n) is 7.34. The summed E-state index contributed by atoms with van der Waals surface area (Å²) >= 11 is 4.39. The number of methoxy groups -OCH3 is 1. The number of carbonyl (C=O) groups excluding carboxylic acids is 2. The fourth-order valence-electron chi connectivity index (χ4n) is 2.08. The molecule has 2 rings (SSSR count). The number of carbonyl (C=O) groups is 2. The third-order valence-electron chi connectivity index (χ3n) is 3.21. The average molecular weight is 412 g/mol. The molecule has 0 aromatic heterocycles. The summed E-state index contributed by atoms with van der Waals surface area (Å²) < 4.78 is 11.2. The molecule has 0 radical (unpaired) electrons. The molecule has 128 valence electrons. The average Bonchev–Trinajstić information content (AvgIpc) is 2.82. The molecule has 1 heterocycles. The van der Waals surface area contributed by atoms with Gasteiger partial charge in [-0.2, -0.15) is 0 Å². The van der Waals surface area contributed by atoms with Crippen molar-refractivity contribution < 1.29 is 19.1 Å². The van der Waals surface area contributed by atoms with Crippen LogP contribution >= 0.6 is 27.7 Å². The van der Waals surface area contributed by atoms with Crippen molar-refractivity contribution in [3.05, 3.63) is 45.8 Å². The van der Waals surface area contributed by atoms with E-state index in [9.17, 15) is 9.59 Å². The van der Waals surface area contributed by atoms with E-state index in [4.69, 9.17) is 9.47 Å². The molecule has 1 aliphatic rings. The molecular formula is C17H18BrNO4S. The van der Waals surface area contributed by atoms with Gasteiger partial charge in [0.1, 0.15) is 12.4 Å². The fourth-order valence-corrected chi connectivity index (χ4v) is 3.46. The molecule has 0 unspecified atom stereocenters. The van der Waals surface area contributed by atoms with Gasteiger partial charge in [-0.3, -0.25) is 14.5 Å². The van der Waals surface area contributed by atoms with Crippen molar-refractivity contribution >= 4 is 44.9 Å². The molecule has 1 fully saturated rings. The lowest BCUT2D eigenvalue weighted by molar-refractivity contribution is -0.122. The van der Waals surface area contributed by atoms with Crippen LogP contribution in [-0.2, 0) is 9.53 Å². The predicted molar refractivity (Wildman–Crippen MR) is 99.0 cm³/mol. The Morgan fingerprint density at radius 1 is 1.38 bits per heavy atom. The lowest BCUT2D eigenvalue weighted by Crippen LogP contribution is -2.29. The van der Waals surface area contributed by atoms with Crippen LogP contribution in [0, 0.1) is 0 Å². The monoisotopic (exact) mass is 411 g/mol. The molecular weight excluding hydrogens is 394 g/mol. The SMILES string of the molecule is C=CCOc1ccc(/C=C2/SC(=O)N(CCCOC)C2=O)cc1Br. The summed E-state index contributed by atoms with van der Waals surface area (Å²) in [5, 5.41) is -0.243. The highest BCUT2D eigenvalue weighted by atomic mass is 79.9. The number of rotatable bonds is 8. The Morgan fingerprint density at radius 3 is 2.83 bits per heavy atom. The molecule has 0 spiro atoms. The summed E-state index contributed by atoms with van der Waals surface area (Å²) in [6.45, 7) is 4.90. The van der Waals surface area contributed by atoms with Crippen LogP contribution < -0.4 is 4.74 Å². The zero-order valence-electron chi connectivity index (χ0n) is 13.3. The van der Waals surface area contributed by atoms with Crippen LogP contribution in [0.3, 0.4) is 0 Å². The zero-order valence-corrected chi connectivity index (χ0v) is 15.7. The first-order valence-corrected chi connectivity index (χ1v) is 8.95. The van der Waals surface area contributed by atoms with Gasteiger partial charge >= 0.3 is 0 Å². The number of halogens is 1. The largest absolute Gasteiger partial charge is 0.488 e. The Morgan fingerprint density at radius 2 is 2.17 bits per heavy atom.